The van der Waals surface area contributed by atoms with Gasteiger partial charge in [0, 0.05) is 30.1 Å². The van der Waals surface area contributed by atoms with Crippen molar-refractivity contribution in [1.29, 1.82) is 5.41 Å². The lowest BCUT2D eigenvalue weighted by Gasteiger charge is -2.33. The number of nitrogens with zero attached hydrogens (tertiary/aromatic N) is 1. The summed E-state index contributed by atoms with van der Waals surface area (Å²) in [6.07, 6.45) is 0.435. The average molecular weight is 390 g/mol. The third-order valence-electron chi connectivity index (χ3n) is 4.63. The van der Waals surface area contributed by atoms with E-state index in [1.54, 1.807) is 0 Å². The summed E-state index contributed by atoms with van der Waals surface area (Å²) in [5.74, 6) is -4.20. The van der Waals surface area contributed by atoms with E-state index < -0.39 is 42.1 Å². The molecule has 6 N–H and O–H groups in total. The van der Waals surface area contributed by atoms with Crippen LogP contribution in [-0.2, 0) is 14.4 Å². The largest absolute Gasteiger partial charge is 0.475 e. The number of amides is 2. The summed E-state index contributed by atoms with van der Waals surface area (Å²) in [5, 5.41) is 28.1. The number of ketones is 1. The minimum Gasteiger partial charge on any atom is -0.475 e. The maximum atomic E-state index is 12.6. The van der Waals surface area contributed by atoms with Crippen LogP contribution in [0.3, 0.4) is 0 Å². The highest BCUT2D eigenvalue weighted by Crippen LogP contribution is 2.19. The van der Waals surface area contributed by atoms with E-state index in [0.29, 0.717) is 5.56 Å². The van der Waals surface area contributed by atoms with E-state index in [1.165, 1.54) is 29.2 Å². The summed E-state index contributed by atoms with van der Waals surface area (Å²) in [7, 11) is 0. The van der Waals surface area contributed by atoms with Crippen molar-refractivity contribution in [2.45, 2.75) is 18.9 Å². The van der Waals surface area contributed by atoms with Crippen molar-refractivity contribution in [2.75, 3.05) is 19.7 Å². The van der Waals surface area contributed by atoms with Crippen LogP contribution in [-0.4, -0.2) is 70.3 Å². The second-order valence-corrected chi connectivity index (χ2v) is 6.47. The first kappa shape index (κ1) is 21.0. The minimum absolute atomic E-state index is 0.139. The van der Waals surface area contributed by atoms with Crippen LogP contribution in [0.5, 0.6) is 0 Å². The molecule has 1 aromatic rings. The van der Waals surface area contributed by atoms with Gasteiger partial charge < -0.3 is 26.2 Å². The number of nitrogens with two attached hydrogens (primary N) is 1. The second-order valence-electron chi connectivity index (χ2n) is 6.47. The van der Waals surface area contributed by atoms with Crippen LogP contribution in [0.15, 0.2) is 24.3 Å². The number of Topliss-reactive ketones (excluding diaryl/α,β-unsaturated/α-hetero) is 1. The maximum Gasteiger partial charge on any atom is 0.372 e. The molecule has 0 radical (unpaired) electrons. The molecule has 1 heterocycles. The Hall–Kier alpha value is -3.27. The topological polar surface area (TPSA) is 174 Å². The van der Waals surface area contributed by atoms with Gasteiger partial charge in [0.1, 0.15) is 11.9 Å². The molecule has 150 valence electrons. The summed E-state index contributed by atoms with van der Waals surface area (Å²) >= 11 is 0. The fourth-order valence-electron chi connectivity index (χ4n) is 2.99. The Morgan fingerprint density at radius 1 is 1.14 bits per heavy atom. The zero-order valence-electron chi connectivity index (χ0n) is 15.1. The predicted octanol–water partition coefficient (Wildman–Crippen LogP) is -1.05. The van der Waals surface area contributed by atoms with E-state index in [4.69, 9.17) is 16.2 Å². The van der Waals surface area contributed by atoms with E-state index in [9.17, 15) is 24.3 Å². The Morgan fingerprint density at radius 3 is 2.14 bits per heavy atom. The molecule has 1 atom stereocenters. The fourth-order valence-corrected chi connectivity index (χ4v) is 2.99. The van der Waals surface area contributed by atoms with Crippen molar-refractivity contribution in [2.24, 2.45) is 11.7 Å². The number of nitrogens with one attached hydrogen (secondary N) is 2. The molecule has 2 rings (SSSR count). The number of aliphatic hydroxyl groups is 1. The van der Waals surface area contributed by atoms with Crippen molar-refractivity contribution in [3.63, 3.8) is 0 Å². The number of carbonyl (C=O) groups is 4. The maximum absolute atomic E-state index is 12.6. The molecular weight excluding hydrogens is 368 g/mol. The third kappa shape index (κ3) is 4.92. The number of carboxylic acid groups (broad SMARTS) is 1. The number of amidine groups is 1. The molecule has 1 fully saturated rings. The molecule has 10 nitrogen and oxygen atoms in total. The van der Waals surface area contributed by atoms with E-state index in [1.807, 2.05) is 0 Å². The number of rotatable bonds is 7. The lowest BCUT2D eigenvalue weighted by molar-refractivity contribution is -0.152. The molecule has 0 aliphatic carbocycles. The van der Waals surface area contributed by atoms with Gasteiger partial charge >= 0.3 is 5.97 Å². The van der Waals surface area contributed by atoms with Gasteiger partial charge in [0.15, 0.2) is 0 Å². The number of aliphatic carboxylic acids is 1. The van der Waals surface area contributed by atoms with E-state index >= 15 is 0 Å². The Kier molecular flexibility index (Phi) is 6.83. The highest BCUT2D eigenvalue weighted by molar-refractivity contribution is 6.33. The molecule has 10 heteroatoms. The second kappa shape index (κ2) is 9.09. The first-order valence-corrected chi connectivity index (χ1v) is 8.66. The molecule has 1 aliphatic heterocycles. The van der Waals surface area contributed by atoms with Gasteiger partial charge in [-0.1, -0.05) is 12.1 Å². The van der Waals surface area contributed by atoms with Crippen molar-refractivity contribution in [1.82, 2.24) is 10.2 Å². The van der Waals surface area contributed by atoms with Crippen molar-refractivity contribution < 1.29 is 29.4 Å². The summed E-state index contributed by atoms with van der Waals surface area (Å²) in [6, 6.07) is 4.74. The molecule has 0 saturated carbocycles. The number of hydrogen-bond donors (Lipinski definition) is 5. The first-order valence-electron chi connectivity index (χ1n) is 8.66. The van der Waals surface area contributed by atoms with Crippen LogP contribution < -0.4 is 11.1 Å². The smallest absolute Gasteiger partial charge is 0.372 e. The van der Waals surface area contributed by atoms with E-state index in [0.717, 1.165) is 0 Å². The van der Waals surface area contributed by atoms with Gasteiger partial charge in [-0.3, -0.25) is 19.8 Å². The van der Waals surface area contributed by atoms with Crippen LogP contribution >= 0.6 is 0 Å². The van der Waals surface area contributed by atoms with E-state index in [2.05, 4.69) is 5.32 Å². The highest BCUT2D eigenvalue weighted by atomic mass is 16.4. The molecule has 0 unspecified atom stereocenters. The van der Waals surface area contributed by atoms with Gasteiger partial charge in [-0.15, -0.1) is 0 Å². The van der Waals surface area contributed by atoms with Crippen LogP contribution in [0, 0.1) is 11.3 Å². The Morgan fingerprint density at radius 2 is 1.68 bits per heavy atom. The number of nitrogen functional groups attached to an aromatic ring is 1. The number of likely N-dealkylation sites (tertiary alicyclic amines) is 1. The van der Waals surface area contributed by atoms with Crippen LogP contribution in [0.2, 0.25) is 0 Å². The van der Waals surface area contributed by atoms with Crippen LogP contribution in [0.25, 0.3) is 0 Å². The van der Waals surface area contributed by atoms with Gasteiger partial charge in [0.05, 0.1) is 6.61 Å². The zero-order chi connectivity index (χ0) is 20.8. The summed E-state index contributed by atoms with van der Waals surface area (Å²) in [4.78, 5) is 48.5. The Bertz CT molecular complexity index is 784. The Labute approximate surface area is 160 Å². The molecule has 1 saturated heterocycles. The van der Waals surface area contributed by atoms with Crippen LogP contribution in [0.4, 0.5) is 0 Å². The molecule has 28 heavy (non-hydrogen) atoms. The molecular formula is C18H22N4O6. The van der Waals surface area contributed by atoms with Gasteiger partial charge in [-0.2, -0.15) is 0 Å². The molecule has 0 bridgehead atoms. The lowest BCUT2D eigenvalue weighted by atomic mass is 9.92. The monoisotopic (exact) mass is 390 g/mol. The first-order chi connectivity index (χ1) is 13.2. The lowest BCUT2D eigenvalue weighted by Crippen LogP contribution is -2.53. The number of hydrogen-bond acceptors (Lipinski definition) is 6. The number of carbonyl (C=O) groups excluding carboxylic acids is 3. The molecule has 0 aromatic heterocycles. The van der Waals surface area contributed by atoms with Gasteiger partial charge in [0.2, 0.25) is 11.7 Å². The normalized spacial score (nSPS) is 15.5. The van der Waals surface area contributed by atoms with Crippen LogP contribution in [0.1, 0.15) is 28.8 Å². The summed E-state index contributed by atoms with van der Waals surface area (Å²) in [6.45, 7) is -0.269. The number of piperidine rings is 1. The quantitative estimate of drug-likeness (QED) is 0.224. The van der Waals surface area contributed by atoms with Crippen molar-refractivity contribution in [3.8, 4) is 0 Å². The standard InChI is InChI=1S/C18H22N4O6/c19-15(20)11-1-3-12(4-2-11)16(25)21-13(9-23)17(26)22-7-5-10(6-8-22)14(24)18(27)28/h1-4,10,13,23H,5-9H2,(H3,19,20)(H,21,25)(H,27,28)/t13-/m0/s1. The zero-order valence-corrected chi connectivity index (χ0v) is 15.1. The number of carboxylic acids is 1. The SMILES string of the molecule is N=C(N)c1ccc(C(=O)N[C@@H](CO)C(=O)N2CCC(C(=O)C(=O)O)CC2)cc1. The van der Waals surface area contributed by atoms with Gasteiger partial charge in [-0.25, -0.2) is 4.79 Å². The minimum atomic E-state index is -1.49. The fraction of sp³-hybridized carbons (Fsp3) is 0.389. The van der Waals surface area contributed by atoms with E-state index in [-0.39, 0.29) is 37.3 Å². The average Bonchev–Trinajstić information content (AvgIpc) is 2.70. The van der Waals surface area contributed by atoms with Gasteiger partial charge in [-0.05, 0) is 25.0 Å². The Balaban J connectivity index is 1.96. The number of aliphatic hydroxyl groups excluding tert-OH is 1. The molecule has 0 spiro atoms. The number of benzene rings is 1. The van der Waals surface area contributed by atoms with Gasteiger partial charge in [0.25, 0.3) is 5.91 Å². The van der Waals surface area contributed by atoms with Crippen molar-refractivity contribution in [3.05, 3.63) is 35.4 Å². The molecule has 1 aromatic carbocycles. The molecule has 1 aliphatic rings. The highest BCUT2D eigenvalue weighted by Gasteiger charge is 2.33. The van der Waals surface area contributed by atoms with Crippen molar-refractivity contribution >= 4 is 29.4 Å². The molecule has 2 amide bonds. The summed E-state index contributed by atoms with van der Waals surface area (Å²) in [5.41, 5.74) is 6.04. The third-order valence-corrected chi connectivity index (χ3v) is 4.63. The summed E-state index contributed by atoms with van der Waals surface area (Å²) < 4.78 is 0. The predicted molar refractivity (Wildman–Crippen MR) is 97.7 cm³/mol.